The number of nitrogens with zero attached hydrogens (tertiary/aromatic N) is 7. The summed E-state index contributed by atoms with van der Waals surface area (Å²) in [5.41, 5.74) is 8.29. The molecule has 3 saturated heterocycles. The van der Waals surface area contributed by atoms with E-state index in [4.69, 9.17) is 9.47 Å². The number of hydrogen-bond acceptors (Lipinski definition) is 12. The van der Waals surface area contributed by atoms with Crippen molar-refractivity contribution in [1.82, 2.24) is 19.9 Å². The number of thiazole rings is 3. The number of hydrogen-bond donors (Lipinski definition) is 0. The molecule has 3 aliphatic rings. The van der Waals surface area contributed by atoms with Crippen LogP contribution in [0.4, 0.5) is 30.4 Å². The van der Waals surface area contributed by atoms with Gasteiger partial charge in [0.25, 0.3) is 0 Å². The molecule has 0 atom stereocenters. The molecule has 438 valence electrons. The average Bonchev–Trinajstić information content (AvgIpc) is 4.21. The second kappa shape index (κ2) is 36.8. The highest BCUT2D eigenvalue weighted by Crippen LogP contribution is 2.35. The first-order valence-electron chi connectivity index (χ1n) is 27.1. The van der Waals surface area contributed by atoms with Crippen molar-refractivity contribution < 1.29 is 22.6 Å². The molecule has 0 amide bonds. The number of rotatable bonds is 9. The second-order valence-corrected chi connectivity index (χ2v) is 24.1. The molecule has 2 aromatic carbocycles. The number of morpholine rings is 2. The quantitative estimate of drug-likeness (QED) is 0.141. The highest BCUT2D eigenvalue weighted by Gasteiger charge is 2.33. The van der Waals surface area contributed by atoms with Gasteiger partial charge in [0.15, 0.2) is 0 Å². The van der Waals surface area contributed by atoms with E-state index in [0.29, 0.717) is 45.9 Å². The number of aromatic nitrogens is 4. The van der Waals surface area contributed by atoms with Gasteiger partial charge in [0, 0.05) is 90.8 Å². The van der Waals surface area contributed by atoms with Gasteiger partial charge in [-0.05, 0) is 97.7 Å². The first kappa shape index (κ1) is 71.6. The van der Waals surface area contributed by atoms with E-state index in [1.807, 2.05) is 40.1 Å². The van der Waals surface area contributed by atoms with Crippen molar-refractivity contribution in [3.63, 3.8) is 0 Å². The minimum absolute atomic E-state index is 0. The molecule has 9 rings (SSSR count). The van der Waals surface area contributed by atoms with Gasteiger partial charge in [-0.25, -0.2) is 19.9 Å². The van der Waals surface area contributed by atoms with Crippen LogP contribution in [0.25, 0.3) is 0 Å². The van der Waals surface area contributed by atoms with Crippen LogP contribution in [0.15, 0.2) is 84.6 Å². The number of alkyl halides is 3. The average molecular weight is 1140 g/mol. The highest BCUT2D eigenvalue weighted by molar-refractivity contribution is 7.12. The van der Waals surface area contributed by atoms with E-state index in [1.54, 1.807) is 22.7 Å². The molecule has 0 aliphatic carbocycles. The molecule has 0 unspecified atom stereocenters. The Hall–Kier alpha value is -4.41. The van der Waals surface area contributed by atoms with Crippen LogP contribution in [-0.4, -0.2) is 85.6 Å². The smallest absolute Gasteiger partial charge is 0.378 e. The molecule has 0 bridgehead atoms. The second-order valence-electron chi connectivity index (χ2n) is 20.9. The lowest BCUT2D eigenvalue weighted by Gasteiger charge is -2.31. The van der Waals surface area contributed by atoms with Gasteiger partial charge in [0.05, 0.1) is 47.6 Å². The Bertz CT molecular complexity index is 2370. The normalized spacial score (nSPS) is 14.3. The lowest BCUT2D eigenvalue weighted by atomic mass is 9.99. The topological polar surface area (TPSA) is 79.7 Å². The number of ether oxygens (including phenoxy) is 2. The summed E-state index contributed by atoms with van der Waals surface area (Å²) in [6.07, 6.45) is 4.62. The number of anilines is 3. The highest BCUT2D eigenvalue weighted by atomic mass is 32.1. The summed E-state index contributed by atoms with van der Waals surface area (Å²) in [6, 6.07) is 21.9. The molecule has 0 radical (unpaired) electrons. The zero-order valence-corrected chi connectivity index (χ0v) is 50.0. The number of benzene rings is 2. The molecular weight excluding hydrogens is 1040 g/mol. The molecule has 0 saturated carbocycles. The minimum atomic E-state index is -4.25. The van der Waals surface area contributed by atoms with E-state index < -0.39 is 11.1 Å². The number of para-hydroxylation sites is 2. The van der Waals surface area contributed by atoms with Gasteiger partial charge in [0.2, 0.25) is 0 Å². The van der Waals surface area contributed by atoms with Crippen LogP contribution < -0.4 is 14.7 Å². The van der Waals surface area contributed by atoms with Crippen molar-refractivity contribution >= 4 is 51.2 Å². The first-order chi connectivity index (χ1) is 35.7. The summed E-state index contributed by atoms with van der Waals surface area (Å²) in [4.78, 5) is 24.6. The van der Waals surface area contributed by atoms with Crippen LogP contribution in [0.5, 0.6) is 0 Å². The zero-order chi connectivity index (χ0) is 55.1. The Morgan fingerprint density at radius 3 is 1.40 bits per heavy atom. The molecule has 3 aliphatic heterocycles. The van der Waals surface area contributed by atoms with Crippen molar-refractivity contribution in [2.45, 2.75) is 180 Å². The maximum atomic E-state index is 12.0. The predicted molar refractivity (Wildman–Crippen MR) is 335 cm³/mol. The Labute approximate surface area is 483 Å². The standard InChI is InChI=1S/C14H21N.C13H19NO.C12H18N2O.C7H8F3NS.2C7H11NS.3CH4/c1-12(2)13-8-4-5-9-14(13)15-10-6-3-7-11-15;1-11(2)12-5-3-4-6-13(12)14-7-9-15-10-8-14;1-10(2)11-3-4-13-12(9-11)14-5-7-15-8-6-14;1-4(2)6-11-3-5(12-6)7(8,9)10;1-5(2)7-4-8-6(3)9-7;1-5(2)7-8-6(3)4-9-7;;;/h4-5,8-9,12H,3,6-7,10-11H2,1-2H3;3-6,11H,7-10H2,1-2H3;3-4,9-10H,5-8H2,1-2H3;3-4H,1-2H3;2*4-5H,1-3H3;3*1H4. The van der Waals surface area contributed by atoms with Crippen LogP contribution in [0.3, 0.4) is 0 Å². The third-order valence-electron chi connectivity index (χ3n) is 12.6. The molecule has 4 aromatic heterocycles. The summed E-state index contributed by atoms with van der Waals surface area (Å²) < 4.78 is 46.8. The molecule has 6 aromatic rings. The van der Waals surface area contributed by atoms with E-state index in [9.17, 15) is 13.2 Å². The SMILES string of the molecule is C.C.C.CC(C)c1ccccc1N1CCCCC1.CC(C)c1ccccc1N1CCOCC1.CC(C)c1ccnc(N2CCOCC2)c1.CC(C)c1ncc(C(F)(F)F)s1.Cc1csc(C(C)C)n1.Cc1ncc(C(C)C)s1. The Balaban J connectivity index is 0.000000470. The van der Waals surface area contributed by atoms with Gasteiger partial charge in [-0.1, -0.05) is 142 Å². The van der Waals surface area contributed by atoms with Crippen LogP contribution in [0, 0.1) is 13.8 Å². The summed E-state index contributed by atoms with van der Waals surface area (Å²) in [7, 11) is 0. The van der Waals surface area contributed by atoms with Gasteiger partial charge in [-0.2, -0.15) is 13.2 Å². The molecule has 15 heteroatoms. The zero-order valence-electron chi connectivity index (χ0n) is 47.5. The van der Waals surface area contributed by atoms with Crippen molar-refractivity contribution in [3.8, 4) is 0 Å². The van der Waals surface area contributed by atoms with Crippen LogP contribution in [0.2, 0.25) is 0 Å². The maximum absolute atomic E-state index is 12.0. The van der Waals surface area contributed by atoms with Gasteiger partial charge in [0.1, 0.15) is 10.7 Å². The van der Waals surface area contributed by atoms with E-state index in [1.165, 1.54) is 75.3 Å². The van der Waals surface area contributed by atoms with E-state index in [0.717, 1.165) is 70.3 Å². The van der Waals surface area contributed by atoms with Gasteiger partial charge in [-0.3, -0.25) is 0 Å². The van der Waals surface area contributed by atoms with Crippen molar-refractivity contribution in [3.05, 3.63) is 132 Å². The third kappa shape index (κ3) is 24.5. The Kier molecular flexibility index (Phi) is 33.8. The van der Waals surface area contributed by atoms with E-state index in [2.05, 4.69) is 170 Å². The fourth-order valence-electron chi connectivity index (χ4n) is 8.19. The largest absolute Gasteiger partial charge is 0.427 e. The number of aryl methyl sites for hydroxylation is 2. The van der Waals surface area contributed by atoms with Crippen molar-refractivity contribution in [2.75, 3.05) is 80.4 Å². The number of pyridine rings is 1. The lowest BCUT2D eigenvalue weighted by Crippen LogP contribution is -2.36. The molecule has 3 fully saturated rings. The summed E-state index contributed by atoms with van der Waals surface area (Å²) >= 11 is 4.24. The predicted octanol–water partition coefficient (Wildman–Crippen LogP) is 18.8. The molecule has 78 heavy (non-hydrogen) atoms. The van der Waals surface area contributed by atoms with Crippen molar-refractivity contribution in [1.29, 1.82) is 0 Å². The molecule has 7 heterocycles. The third-order valence-corrected chi connectivity index (χ3v) is 16.4. The Morgan fingerprint density at radius 2 is 1.03 bits per heavy atom. The van der Waals surface area contributed by atoms with Gasteiger partial charge >= 0.3 is 6.18 Å². The first-order valence-corrected chi connectivity index (χ1v) is 29.6. The van der Waals surface area contributed by atoms with Crippen molar-refractivity contribution in [2.24, 2.45) is 0 Å². The molecule has 0 spiro atoms. The van der Waals surface area contributed by atoms with Crippen LogP contribution >= 0.6 is 34.0 Å². The van der Waals surface area contributed by atoms with E-state index >= 15 is 0 Å². The fraction of sp³-hybridized carbons (Fsp3) is 0.587. The molecular formula is C63H100F3N7O2S3. The van der Waals surface area contributed by atoms with Crippen LogP contribution in [0.1, 0.15) is 207 Å². The monoisotopic (exact) mass is 1140 g/mol. The fourth-order valence-corrected chi connectivity index (χ4v) is 10.6. The van der Waals surface area contributed by atoms with Crippen LogP contribution in [-0.2, 0) is 15.7 Å². The Morgan fingerprint density at radius 1 is 0.526 bits per heavy atom. The molecule has 0 N–H and O–H groups in total. The molecule has 9 nitrogen and oxygen atoms in total. The number of halogens is 3. The summed E-state index contributed by atoms with van der Waals surface area (Å²) in [5.74, 6) is 4.15. The summed E-state index contributed by atoms with van der Waals surface area (Å²) in [6.45, 7) is 39.6. The lowest BCUT2D eigenvalue weighted by molar-refractivity contribution is -0.134. The number of piperidine rings is 1. The summed E-state index contributed by atoms with van der Waals surface area (Å²) in [5, 5.41) is 5.03. The minimum Gasteiger partial charge on any atom is -0.378 e. The van der Waals surface area contributed by atoms with E-state index in [-0.39, 0.29) is 28.2 Å². The van der Waals surface area contributed by atoms with Gasteiger partial charge < -0.3 is 24.2 Å². The van der Waals surface area contributed by atoms with Gasteiger partial charge in [-0.15, -0.1) is 34.0 Å². The maximum Gasteiger partial charge on any atom is 0.427 e.